The first-order valence-electron chi connectivity index (χ1n) is 13.6. The van der Waals surface area contributed by atoms with E-state index in [0.29, 0.717) is 36.2 Å². The summed E-state index contributed by atoms with van der Waals surface area (Å²) in [6.45, 7) is 1.84. The lowest BCUT2D eigenvalue weighted by atomic mass is 9.94. The standard InChI is InChI=1S/C30H28ClF3N8O2/c1-17-3-2-4-25(19-9-18(12-38-13-19)21-7-8-37-14-24(21)40-29(17)44)41-16-39-23(11-28(41)43)22-10-20(31)5-6-26(22)42(36)15-27(35)30(32,33)34/h5-17,25H,2-4,35-36H2,1H3,(H,40,44)/b27-15-. The van der Waals surface area contributed by atoms with Gasteiger partial charge in [0, 0.05) is 58.5 Å². The molecule has 44 heavy (non-hydrogen) atoms. The number of aromatic nitrogens is 4. The number of alkyl halides is 3. The van der Waals surface area contributed by atoms with Crippen molar-refractivity contribution in [1.82, 2.24) is 19.5 Å². The second kappa shape index (κ2) is 12.5. The summed E-state index contributed by atoms with van der Waals surface area (Å²) in [6, 6.07) is 8.78. The number of nitrogens with one attached hydrogen (secondary N) is 1. The van der Waals surface area contributed by atoms with Crippen LogP contribution in [0.25, 0.3) is 22.4 Å². The molecule has 0 aliphatic carbocycles. The third-order valence-electron chi connectivity index (χ3n) is 7.39. The van der Waals surface area contributed by atoms with E-state index < -0.39 is 23.5 Å². The number of hydrazine groups is 1. The molecule has 228 valence electrons. The van der Waals surface area contributed by atoms with Crippen molar-refractivity contribution in [1.29, 1.82) is 0 Å². The molecule has 2 bridgehead atoms. The van der Waals surface area contributed by atoms with Gasteiger partial charge in [-0.05, 0) is 48.7 Å². The Morgan fingerprint density at radius 1 is 1.09 bits per heavy atom. The molecular weight excluding hydrogens is 597 g/mol. The first kappa shape index (κ1) is 30.7. The molecule has 0 radical (unpaired) electrons. The van der Waals surface area contributed by atoms with Crippen LogP contribution in [0.1, 0.15) is 37.8 Å². The van der Waals surface area contributed by atoms with E-state index in [1.807, 2.05) is 13.0 Å². The Balaban J connectivity index is 1.57. The number of nitrogens with two attached hydrogens (primary N) is 2. The van der Waals surface area contributed by atoms with Crippen LogP contribution in [0.15, 0.2) is 84.2 Å². The number of hydrogen-bond donors (Lipinski definition) is 3. The molecule has 2 unspecified atom stereocenters. The number of halogens is 4. The summed E-state index contributed by atoms with van der Waals surface area (Å²) in [5.74, 6) is 5.49. The van der Waals surface area contributed by atoms with Gasteiger partial charge in [0.15, 0.2) is 0 Å². The lowest BCUT2D eigenvalue weighted by Gasteiger charge is -2.23. The van der Waals surface area contributed by atoms with Gasteiger partial charge in [-0.1, -0.05) is 24.9 Å². The fourth-order valence-corrected chi connectivity index (χ4v) is 5.20. The van der Waals surface area contributed by atoms with Crippen molar-refractivity contribution < 1.29 is 18.0 Å². The highest BCUT2D eigenvalue weighted by atomic mass is 35.5. The van der Waals surface area contributed by atoms with Crippen molar-refractivity contribution in [3.63, 3.8) is 0 Å². The maximum Gasteiger partial charge on any atom is 0.432 e. The van der Waals surface area contributed by atoms with E-state index in [1.54, 1.807) is 30.9 Å². The molecule has 0 spiro atoms. The quantitative estimate of drug-likeness (QED) is 0.202. The molecule has 2 atom stereocenters. The Hall–Kier alpha value is -4.75. The Kier molecular flexibility index (Phi) is 8.70. The fraction of sp³-hybridized carbons (Fsp3) is 0.233. The largest absolute Gasteiger partial charge is 0.432 e. The normalized spacial score (nSPS) is 17.6. The maximum absolute atomic E-state index is 13.6. The van der Waals surface area contributed by atoms with Crippen LogP contribution in [-0.4, -0.2) is 31.6 Å². The molecule has 4 aromatic rings. The first-order chi connectivity index (χ1) is 20.9. The van der Waals surface area contributed by atoms with E-state index in [4.69, 9.17) is 23.2 Å². The summed E-state index contributed by atoms with van der Waals surface area (Å²) in [7, 11) is 0. The van der Waals surface area contributed by atoms with E-state index >= 15 is 0 Å². The van der Waals surface area contributed by atoms with E-state index in [1.165, 1.54) is 35.2 Å². The minimum absolute atomic E-state index is 0.0922. The highest BCUT2D eigenvalue weighted by Crippen LogP contribution is 2.34. The number of carbonyl (C=O) groups is 1. The van der Waals surface area contributed by atoms with Crippen LogP contribution in [0.3, 0.4) is 0 Å². The van der Waals surface area contributed by atoms with E-state index in [2.05, 4.69) is 20.3 Å². The van der Waals surface area contributed by atoms with Crippen molar-refractivity contribution in [2.75, 3.05) is 10.3 Å². The van der Waals surface area contributed by atoms with Crippen molar-refractivity contribution in [3.05, 3.63) is 100 Å². The van der Waals surface area contributed by atoms with Crippen molar-refractivity contribution in [3.8, 4) is 22.4 Å². The Bertz CT molecular complexity index is 1790. The zero-order valence-electron chi connectivity index (χ0n) is 23.4. The van der Waals surface area contributed by atoms with Crippen molar-refractivity contribution in [2.45, 2.75) is 38.4 Å². The average Bonchev–Trinajstić information content (AvgIpc) is 2.98. The summed E-state index contributed by atoms with van der Waals surface area (Å²) in [5.41, 5.74) is 6.56. The van der Waals surface area contributed by atoms with Crippen LogP contribution < -0.4 is 27.5 Å². The number of amides is 1. The predicted octanol–water partition coefficient (Wildman–Crippen LogP) is 5.41. The minimum Gasteiger partial charge on any atom is -0.393 e. The van der Waals surface area contributed by atoms with Crippen LogP contribution in [0.4, 0.5) is 24.5 Å². The number of hydrogen-bond acceptors (Lipinski definition) is 8. The Morgan fingerprint density at radius 3 is 2.64 bits per heavy atom. The number of benzene rings is 1. The van der Waals surface area contributed by atoms with E-state index in [-0.39, 0.29) is 33.8 Å². The molecule has 5 N–H and O–H groups in total. The van der Waals surface area contributed by atoms with Gasteiger partial charge < -0.3 is 11.1 Å². The lowest BCUT2D eigenvalue weighted by molar-refractivity contribution is -0.119. The Morgan fingerprint density at radius 2 is 1.89 bits per heavy atom. The zero-order chi connectivity index (χ0) is 31.6. The number of nitrogens with zero attached hydrogens (tertiary/aromatic N) is 5. The molecule has 14 heteroatoms. The molecule has 4 heterocycles. The van der Waals surface area contributed by atoms with Gasteiger partial charge in [-0.3, -0.25) is 29.1 Å². The molecule has 1 aliphatic heterocycles. The molecule has 1 aliphatic rings. The number of rotatable bonds is 4. The van der Waals surface area contributed by atoms with Crippen LogP contribution >= 0.6 is 11.6 Å². The van der Waals surface area contributed by atoms with E-state index in [9.17, 15) is 22.8 Å². The van der Waals surface area contributed by atoms with Crippen LogP contribution in [0.5, 0.6) is 0 Å². The van der Waals surface area contributed by atoms with Gasteiger partial charge >= 0.3 is 6.18 Å². The van der Waals surface area contributed by atoms with Crippen LogP contribution in [0, 0.1) is 5.92 Å². The average molecular weight is 625 g/mol. The topological polar surface area (TPSA) is 145 Å². The first-order valence-corrected chi connectivity index (χ1v) is 14.0. The molecule has 10 nitrogen and oxygen atoms in total. The van der Waals surface area contributed by atoms with Crippen LogP contribution in [0.2, 0.25) is 5.02 Å². The second-order valence-electron chi connectivity index (χ2n) is 10.4. The fourth-order valence-electron chi connectivity index (χ4n) is 5.03. The molecule has 3 aromatic heterocycles. The lowest BCUT2D eigenvalue weighted by Crippen LogP contribution is -2.30. The predicted molar refractivity (Wildman–Crippen MR) is 161 cm³/mol. The van der Waals surface area contributed by atoms with Gasteiger partial charge in [-0.25, -0.2) is 10.8 Å². The molecule has 0 saturated carbocycles. The number of anilines is 2. The Labute approximate surface area is 255 Å². The van der Waals surface area contributed by atoms with Gasteiger partial charge in [-0.2, -0.15) is 13.2 Å². The summed E-state index contributed by atoms with van der Waals surface area (Å²) in [5, 5.41) is 3.92. The molecule has 0 fully saturated rings. The number of allylic oxidation sites excluding steroid dienone is 1. The molecule has 1 amide bonds. The maximum atomic E-state index is 13.6. The summed E-state index contributed by atoms with van der Waals surface area (Å²) >= 11 is 6.20. The summed E-state index contributed by atoms with van der Waals surface area (Å²) < 4.78 is 40.6. The van der Waals surface area contributed by atoms with Crippen molar-refractivity contribution >= 4 is 28.9 Å². The van der Waals surface area contributed by atoms with E-state index in [0.717, 1.165) is 16.7 Å². The smallest absolute Gasteiger partial charge is 0.393 e. The second-order valence-corrected chi connectivity index (χ2v) is 10.9. The molecule has 1 aromatic carbocycles. The highest BCUT2D eigenvalue weighted by Gasteiger charge is 2.32. The molecular formula is C30H28ClF3N8O2. The number of fused-ring (bicyclic) bond motifs is 4. The SMILES string of the molecule is CC1CCCC(n2cnc(-c3cc(Cl)ccc3N(N)/C=C(\N)C(F)(F)F)cc2=O)c2cncc(c2)-c2ccncc2NC1=O. The highest BCUT2D eigenvalue weighted by molar-refractivity contribution is 6.31. The zero-order valence-corrected chi connectivity index (χ0v) is 24.2. The van der Waals surface area contributed by atoms with Crippen LogP contribution in [-0.2, 0) is 4.79 Å². The van der Waals surface area contributed by atoms with Gasteiger partial charge in [0.05, 0.1) is 35.6 Å². The third-order valence-corrected chi connectivity index (χ3v) is 7.62. The van der Waals surface area contributed by atoms with Gasteiger partial charge in [-0.15, -0.1) is 0 Å². The summed E-state index contributed by atoms with van der Waals surface area (Å²) in [4.78, 5) is 39.6. The minimum atomic E-state index is -4.79. The van der Waals surface area contributed by atoms with Crippen molar-refractivity contribution in [2.24, 2.45) is 17.5 Å². The van der Waals surface area contributed by atoms with Gasteiger partial charge in [0.25, 0.3) is 5.56 Å². The monoisotopic (exact) mass is 624 g/mol. The molecule has 5 rings (SSSR count). The number of carbonyl (C=O) groups excluding carboxylic acids is 1. The summed E-state index contributed by atoms with van der Waals surface area (Å²) in [6.07, 6.45) is 5.38. The van der Waals surface area contributed by atoms with Gasteiger partial charge in [0.2, 0.25) is 5.91 Å². The van der Waals surface area contributed by atoms with Gasteiger partial charge in [0.1, 0.15) is 5.70 Å². The molecule has 0 saturated heterocycles. The number of pyridine rings is 2. The third kappa shape index (κ3) is 6.58.